The van der Waals surface area contributed by atoms with Crippen LogP contribution < -0.4 is 4.74 Å². The van der Waals surface area contributed by atoms with Crippen LogP contribution in [0, 0.1) is 6.92 Å². The maximum absolute atomic E-state index is 11.0. The number of carboxylic acid groups (broad SMARTS) is 1. The van der Waals surface area contributed by atoms with Crippen molar-refractivity contribution in [3.05, 3.63) is 89.5 Å². The molecule has 1 N–H and O–H groups in total. The van der Waals surface area contributed by atoms with Crippen LogP contribution >= 0.6 is 0 Å². The molecule has 3 aromatic rings. The predicted molar refractivity (Wildman–Crippen MR) is 94.3 cm³/mol. The topological polar surface area (TPSA) is 46.5 Å². The summed E-state index contributed by atoms with van der Waals surface area (Å²) in [6.07, 6.45) is 0. The van der Waals surface area contributed by atoms with Crippen molar-refractivity contribution in [2.75, 3.05) is 0 Å². The summed E-state index contributed by atoms with van der Waals surface area (Å²) in [5, 5.41) is 9.04. The summed E-state index contributed by atoms with van der Waals surface area (Å²) < 4.78 is 5.79. The summed E-state index contributed by atoms with van der Waals surface area (Å²) in [4.78, 5) is 11.0. The van der Waals surface area contributed by atoms with Crippen molar-refractivity contribution in [3.8, 4) is 16.9 Å². The normalized spacial score (nSPS) is 10.4. The lowest BCUT2D eigenvalue weighted by molar-refractivity contribution is 0.0697. The van der Waals surface area contributed by atoms with Gasteiger partial charge in [-0.05, 0) is 53.4 Å². The van der Waals surface area contributed by atoms with Crippen LogP contribution in [-0.2, 0) is 6.61 Å². The Bertz CT molecular complexity index is 837. The van der Waals surface area contributed by atoms with Crippen LogP contribution in [0.4, 0.5) is 0 Å². The number of aryl methyl sites for hydroxylation is 1. The third kappa shape index (κ3) is 3.63. The minimum absolute atomic E-state index is 0.305. The van der Waals surface area contributed by atoms with Gasteiger partial charge in [-0.2, -0.15) is 0 Å². The van der Waals surface area contributed by atoms with Crippen molar-refractivity contribution in [3.63, 3.8) is 0 Å². The second kappa shape index (κ2) is 7.01. The summed E-state index contributed by atoms with van der Waals surface area (Å²) in [7, 11) is 0. The highest BCUT2D eigenvalue weighted by Crippen LogP contribution is 2.26. The third-order valence-electron chi connectivity index (χ3n) is 3.89. The molecule has 0 aliphatic carbocycles. The van der Waals surface area contributed by atoms with E-state index in [4.69, 9.17) is 9.84 Å². The zero-order valence-corrected chi connectivity index (χ0v) is 13.4. The number of rotatable bonds is 5. The Morgan fingerprint density at radius 1 is 0.958 bits per heavy atom. The van der Waals surface area contributed by atoms with E-state index in [1.807, 2.05) is 67.6 Å². The number of benzene rings is 3. The minimum Gasteiger partial charge on any atom is -0.489 e. The molecule has 0 atom stereocenters. The molecule has 0 spiro atoms. The number of aromatic carboxylic acids is 1. The van der Waals surface area contributed by atoms with Crippen LogP contribution in [0.2, 0.25) is 0 Å². The molecule has 0 fully saturated rings. The zero-order chi connectivity index (χ0) is 16.9. The van der Waals surface area contributed by atoms with Crippen molar-refractivity contribution in [1.82, 2.24) is 0 Å². The van der Waals surface area contributed by atoms with E-state index in [1.165, 1.54) is 0 Å². The zero-order valence-electron chi connectivity index (χ0n) is 13.4. The first kappa shape index (κ1) is 15.8. The van der Waals surface area contributed by atoms with E-state index in [2.05, 4.69) is 0 Å². The van der Waals surface area contributed by atoms with Crippen molar-refractivity contribution < 1.29 is 14.6 Å². The van der Waals surface area contributed by atoms with E-state index in [0.717, 1.165) is 28.0 Å². The molecule has 24 heavy (non-hydrogen) atoms. The highest BCUT2D eigenvalue weighted by Gasteiger charge is 2.07. The van der Waals surface area contributed by atoms with Crippen LogP contribution in [-0.4, -0.2) is 11.1 Å². The highest BCUT2D eigenvalue weighted by atomic mass is 16.5. The number of carboxylic acids is 1. The Hall–Kier alpha value is -3.07. The quantitative estimate of drug-likeness (QED) is 0.725. The summed E-state index contributed by atoms with van der Waals surface area (Å²) in [6, 6.07) is 23.0. The molecule has 0 radical (unpaired) electrons. The Morgan fingerprint density at radius 3 is 2.29 bits per heavy atom. The molecule has 0 saturated carbocycles. The average molecular weight is 318 g/mol. The second-order valence-electron chi connectivity index (χ2n) is 5.63. The van der Waals surface area contributed by atoms with Gasteiger partial charge in [0.15, 0.2) is 0 Å². The maximum atomic E-state index is 11.0. The molecule has 0 unspecified atom stereocenters. The molecule has 0 bridgehead atoms. The van der Waals surface area contributed by atoms with Crippen molar-refractivity contribution >= 4 is 5.97 Å². The molecule has 3 heteroatoms. The summed E-state index contributed by atoms with van der Waals surface area (Å²) >= 11 is 0. The summed E-state index contributed by atoms with van der Waals surface area (Å²) in [5.74, 6) is -0.100. The van der Waals surface area contributed by atoms with Gasteiger partial charge in [0.25, 0.3) is 0 Å². The van der Waals surface area contributed by atoms with Crippen LogP contribution in [0.3, 0.4) is 0 Å². The summed E-state index contributed by atoms with van der Waals surface area (Å²) in [5.41, 5.74) is 4.43. The first-order valence-electron chi connectivity index (χ1n) is 7.74. The molecule has 0 saturated heterocycles. The van der Waals surface area contributed by atoms with Gasteiger partial charge in [-0.3, -0.25) is 0 Å². The van der Waals surface area contributed by atoms with Crippen LogP contribution in [0.25, 0.3) is 11.1 Å². The van der Waals surface area contributed by atoms with Gasteiger partial charge >= 0.3 is 5.97 Å². The first-order valence-corrected chi connectivity index (χ1v) is 7.74. The number of hydrogen-bond donors (Lipinski definition) is 1. The van der Waals surface area contributed by atoms with Gasteiger partial charge in [0.1, 0.15) is 12.4 Å². The molecular formula is C21H18O3. The lowest BCUT2D eigenvalue weighted by Crippen LogP contribution is -1.97. The number of carbonyl (C=O) groups is 1. The molecule has 0 aromatic heterocycles. The van der Waals surface area contributed by atoms with E-state index >= 15 is 0 Å². The maximum Gasteiger partial charge on any atom is 0.335 e. The summed E-state index contributed by atoms with van der Waals surface area (Å²) in [6.45, 7) is 2.45. The first-order chi connectivity index (χ1) is 11.6. The van der Waals surface area contributed by atoms with Crippen LogP contribution in [0.5, 0.6) is 5.75 Å². The molecule has 0 heterocycles. The van der Waals surface area contributed by atoms with Crippen LogP contribution in [0.1, 0.15) is 21.5 Å². The third-order valence-corrected chi connectivity index (χ3v) is 3.89. The van der Waals surface area contributed by atoms with Gasteiger partial charge in [-0.1, -0.05) is 48.5 Å². The van der Waals surface area contributed by atoms with Crippen molar-refractivity contribution in [1.29, 1.82) is 0 Å². The number of hydrogen-bond acceptors (Lipinski definition) is 2. The van der Waals surface area contributed by atoms with E-state index < -0.39 is 5.97 Å². The largest absolute Gasteiger partial charge is 0.489 e. The van der Waals surface area contributed by atoms with Crippen LogP contribution in [0.15, 0.2) is 72.8 Å². The molecule has 0 amide bonds. The van der Waals surface area contributed by atoms with Gasteiger partial charge in [0, 0.05) is 0 Å². The fraction of sp³-hybridized carbons (Fsp3) is 0.0952. The van der Waals surface area contributed by atoms with Gasteiger partial charge in [-0.15, -0.1) is 0 Å². The second-order valence-corrected chi connectivity index (χ2v) is 5.63. The smallest absolute Gasteiger partial charge is 0.335 e. The Kier molecular flexibility index (Phi) is 4.62. The fourth-order valence-corrected chi connectivity index (χ4v) is 2.59. The lowest BCUT2D eigenvalue weighted by Gasteiger charge is -2.10. The Labute approximate surface area is 141 Å². The highest BCUT2D eigenvalue weighted by molar-refractivity contribution is 5.89. The predicted octanol–water partition coefficient (Wildman–Crippen LogP) is 4.94. The van der Waals surface area contributed by atoms with E-state index in [1.54, 1.807) is 12.1 Å². The molecule has 0 aliphatic heterocycles. The lowest BCUT2D eigenvalue weighted by atomic mass is 9.98. The molecular weight excluding hydrogens is 300 g/mol. The number of ether oxygens (including phenoxy) is 1. The van der Waals surface area contributed by atoms with Gasteiger partial charge in [0.05, 0.1) is 5.56 Å². The molecule has 3 rings (SSSR count). The molecule has 3 nitrogen and oxygen atoms in total. The van der Waals surface area contributed by atoms with Gasteiger partial charge in [-0.25, -0.2) is 4.79 Å². The monoisotopic (exact) mass is 318 g/mol. The minimum atomic E-state index is -0.908. The standard InChI is InChI=1S/C21H18O3/c1-15-13-18(21(22)23)9-12-20(15)17-7-10-19(11-8-17)24-14-16-5-3-2-4-6-16/h2-13H,14H2,1H3,(H,22,23). The fourth-order valence-electron chi connectivity index (χ4n) is 2.59. The SMILES string of the molecule is Cc1cc(C(=O)O)ccc1-c1ccc(OCc2ccccc2)cc1. The van der Waals surface area contributed by atoms with E-state index in [-0.39, 0.29) is 0 Å². The van der Waals surface area contributed by atoms with Crippen molar-refractivity contribution in [2.45, 2.75) is 13.5 Å². The molecule has 3 aromatic carbocycles. The van der Waals surface area contributed by atoms with Gasteiger partial charge in [0.2, 0.25) is 0 Å². The Morgan fingerprint density at radius 2 is 1.67 bits per heavy atom. The average Bonchev–Trinajstić information content (AvgIpc) is 2.61. The van der Waals surface area contributed by atoms with Crippen molar-refractivity contribution in [2.24, 2.45) is 0 Å². The van der Waals surface area contributed by atoms with E-state index in [0.29, 0.717) is 12.2 Å². The Balaban J connectivity index is 1.73. The van der Waals surface area contributed by atoms with Gasteiger partial charge < -0.3 is 9.84 Å². The molecule has 120 valence electrons. The van der Waals surface area contributed by atoms with E-state index in [9.17, 15) is 4.79 Å². The molecule has 0 aliphatic rings.